The highest BCUT2D eigenvalue weighted by atomic mass is 28.3. The lowest BCUT2D eigenvalue weighted by molar-refractivity contribution is -0.137. The van der Waals surface area contributed by atoms with Crippen molar-refractivity contribution in [3.63, 3.8) is 0 Å². The van der Waals surface area contributed by atoms with E-state index in [0.29, 0.717) is 10.4 Å². The highest BCUT2D eigenvalue weighted by molar-refractivity contribution is 6.79. The van der Waals surface area contributed by atoms with E-state index in [0.717, 1.165) is 12.1 Å². The number of benzene rings is 2. The van der Waals surface area contributed by atoms with Crippen molar-refractivity contribution in [1.29, 1.82) is 0 Å². The van der Waals surface area contributed by atoms with E-state index in [9.17, 15) is 17.3 Å². The average molecular weight is 270 g/mol. The van der Waals surface area contributed by atoms with Gasteiger partial charge in [-0.05, 0) is 10.4 Å². The molecular weight excluding hydrogens is 260 g/mol. The molecule has 0 fully saturated rings. The van der Waals surface area contributed by atoms with Crippen LogP contribution < -0.4 is 10.4 Å². The molecule has 18 heavy (non-hydrogen) atoms. The van der Waals surface area contributed by atoms with Crippen LogP contribution in [0.5, 0.6) is 0 Å². The molecule has 2 rings (SSSR count). The van der Waals surface area contributed by atoms with E-state index in [1.165, 1.54) is 12.1 Å². The summed E-state index contributed by atoms with van der Waals surface area (Å²) in [6, 6.07) is 12.9. The first-order chi connectivity index (χ1) is 8.48. The lowest BCUT2D eigenvalue weighted by Gasteiger charge is -2.09. The fourth-order valence-corrected chi connectivity index (χ4v) is 3.13. The van der Waals surface area contributed by atoms with Gasteiger partial charge in [-0.15, -0.1) is 0 Å². The van der Waals surface area contributed by atoms with E-state index in [-0.39, 0.29) is 0 Å². The van der Waals surface area contributed by atoms with Crippen molar-refractivity contribution < 1.29 is 17.3 Å². The number of rotatable bonds is 2. The molecular formula is C13H10F4Si. The number of alkyl halides is 3. The van der Waals surface area contributed by atoms with Crippen LogP contribution in [0.2, 0.25) is 0 Å². The summed E-state index contributed by atoms with van der Waals surface area (Å²) in [6.45, 7) is 0. The summed E-state index contributed by atoms with van der Waals surface area (Å²) in [5, 5.41) is 0.923. The van der Waals surface area contributed by atoms with Crippen LogP contribution >= 0.6 is 0 Å². The van der Waals surface area contributed by atoms with Crippen LogP contribution in [0, 0.1) is 0 Å². The van der Waals surface area contributed by atoms with E-state index in [1.54, 1.807) is 30.3 Å². The SMILES string of the molecule is F[SiH](c1ccccc1)c1ccc(C(F)(F)F)cc1. The molecule has 0 aliphatic carbocycles. The highest BCUT2D eigenvalue weighted by Crippen LogP contribution is 2.28. The van der Waals surface area contributed by atoms with E-state index < -0.39 is 20.9 Å². The smallest absolute Gasteiger partial charge is 0.306 e. The molecule has 0 spiro atoms. The van der Waals surface area contributed by atoms with Crippen molar-refractivity contribution in [3.05, 3.63) is 60.2 Å². The zero-order valence-corrected chi connectivity index (χ0v) is 10.4. The van der Waals surface area contributed by atoms with Crippen LogP contribution in [-0.2, 0) is 6.18 Å². The lowest BCUT2D eigenvalue weighted by Crippen LogP contribution is -2.38. The second-order valence-corrected chi connectivity index (χ2v) is 5.95. The Bertz CT molecular complexity index is 505. The van der Waals surface area contributed by atoms with E-state index in [4.69, 9.17) is 0 Å². The molecule has 2 aromatic carbocycles. The maximum absolute atomic E-state index is 14.2. The Morgan fingerprint density at radius 1 is 0.722 bits per heavy atom. The highest BCUT2D eigenvalue weighted by Gasteiger charge is 2.30. The topological polar surface area (TPSA) is 0 Å². The van der Waals surface area contributed by atoms with Crippen molar-refractivity contribution in [2.24, 2.45) is 0 Å². The molecule has 1 atom stereocenters. The molecule has 1 unspecified atom stereocenters. The fraction of sp³-hybridized carbons (Fsp3) is 0.0769. The minimum Gasteiger partial charge on any atom is -0.306 e. The number of halogens is 4. The van der Waals surface area contributed by atoms with Crippen molar-refractivity contribution >= 4 is 19.5 Å². The van der Waals surface area contributed by atoms with Gasteiger partial charge in [0.25, 0.3) is 9.13 Å². The Balaban J connectivity index is 2.25. The molecule has 0 heterocycles. The van der Waals surface area contributed by atoms with Gasteiger partial charge in [0.15, 0.2) is 0 Å². The fourth-order valence-electron chi connectivity index (χ4n) is 1.66. The Kier molecular flexibility index (Phi) is 3.52. The summed E-state index contributed by atoms with van der Waals surface area (Å²) in [5.74, 6) is 0. The van der Waals surface area contributed by atoms with E-state index >= 15 is 0 Å². The molecule has 0 aliphatic heterocycles. The third-order valence-electron chi connectivity index (χ3n) is 2.62. The molecule has 0 nitrogen and oxygen atoms in total. The van der Waals surface area contributed by atoms with Crippen LogP contribution in [0.1, 0.15) is 5.56 Å². The lowest BCUT2D eigenvalue weighted by atomic mass is 10.2. The molecule has 0 saturated carbocycles. The van der Waals surface area contributed by atoms with E-state index in [2.05, 4.69) is 0 Å². The minimum atomic E-state index is -4.38. The monoisotopic (exact) mass is 270 g/mol. The van der Waals surface area contributed by atoms with Crippen molar-refractivity contribution in [1.82, 2.24) is 0 Å². The Morgan fingerprint density at radius 3 is 1.72 bits per heavy atom. The molecule has 0 aliphatic rings. The Labute approximate surface area is 104 Å². The van der Waals surface area contributed by atoms with Crippen LogP contribution in [0.3, 0.4) is 0 Å². The van der Waals surface area contributed by atoms with Crippen molar-refractivity contribution in [2.45, 2.75) is 6.18 Å². The first kappa shape index (κ1) is 12.8. The third-order valence-corrected chi connectivity index (χ3v) is 4.56. The largest absolute Gasteiger partial charge is 0.416 e. The van der Waals surface area contributed by atoms with Gasteiger partial charge in [-0.3, -0.25) is 0 Å². The molecule has 0 bridgehead atoms. The van der Waals surface area contributed by atoms with Crippen molar-refractivity contribution in [3.8, 4) is 0 Å². The molecule has 0 aromatic heterocycles. The molecule has 5 heteroatoms. The molecule has 0 amide bonds. The first-order valence-electron chi connectivity index (χ1n) is 5.34. The normalized spacial score (nSPS) is 13.3. The zero-order chi connectivity index (χ0) is 13.2. The van der Waals surface area contributed by atoms with Gasteiger partial charge in [-0.2, -0.15) is 13.2 Å². The predicted octanol–water partition coefficient (Wildman–Crippen LogP) is 2.51. The van der Waals surface area contributed by atoms with Gasteiger partial charge in [0.05, 0.1) is 5.56 Å². The van der Waals surface area contributed by atoms with Gasteiger partial charge in [0, 0.05) is 0 Å². The summed E-state index contributed by atoms with van der Waals surface area (Å²) in [6.07, 6.45) is -4.38. The summed E-state index contributed by atoms with van der Waals surface area (Å²) in [5.41, 5.74) is -0.750. The maximum Gasteiger partial charge on any atom is 0.416 e. The zero-order valence-electron chi connectivity index (χ0n) is 9.29. The van der Waals surface area contributed by atoms with Gasteiger partial charge in [-0.25, -0.2) is 0 Å². The van der Waals surface area contributed by atoms with Gasteiger partial charge in [0.1, 0.15) is 0 Å². The Morgan fingerprint density at radius 2 is 1.22 bits per heavy atom. The van der Waals surface area contributed by atoms with Gasteiger partial charge in [0.2, 0.25) is 0 Å². The number of hydrogen-bond acceptors (Lipinski definition) is 0. The molecule has 0 saturated heterocycles. The van der Waals surface area contributed by atoms with Crippen LogP contribution in [0.15, 0.2) is 54.6 Å². The summed E-state index contributed by atoms with van der Waals surface area (Å²) < 4.78 is 51.2. The molecule has 2 aromatic rings. The number of hydrogen-bond donors (Lipinski definition) is 0. The average Bonchev–Trinajstić information content (AvgIpc) is 2.38. The summed E-state index contributed by atoms with van der Waals surface area (Å²) in [4.78, 5) is 0. The van der Waals surface area contributed by atoms with Gasteiger partial charge in [-0.1, -0.05) is 54.6 Å². The van der Waals surface area contributed by atoms with Crippen LogP contribution in [-0.4, -0.2) is 9.13 Å². The van der Waals surface area contributed by atoms with Crippen molar-refractivity contribution in [2.75, 3.05) is 0 Å². The first-order valence-corrected chi connectivity index (χ1v) is 6.94. The van der Waals surface area contributed by atoms with Gasteiger partial charge < -0.3 is 4.11 Å². The molecule has 0 N–H and O–H groups in total. The van der Waals surface area contributed by atoms with Gasteiger partial charge >= 0.3 is 6.18 Å². The molecule has 94 valence electrons. The quantitative estimate of drug-likeness (QED) is 0.447. The second kappa shape index (κ2) is 4.94. The Hall–Kier alpha value is -1.62. The summed E-state index contributed by atoms with van der Waals surface area (Å²) >= 11 is 0. The second-order valence-electron chi connectivity index (χ2n) is 3.89. The standard InChI is InChI=1S/C13H10F4Si/c14-13(15,16)10-6-8-12(9-7-10)18(17)11-4-2-1-3-5-11/h1-9,18H. The predicted molar refractivity (Wildman–Crippen MR) is 65.4 cm³/mol. The van der Waals surface area contributed by atoms with Crippen LogP contribution in [0.4, 0.5) is 17.3 Å². The van der Waals surface area contributed by atoms with Crippen LogP contribution in [0.25, 0.3) is 0 Å². The van der Waals surface area contributed by atoms with E-state index in [1.807, 2.05) is 0 Å². The third kappa shape index (κ3) is 2.79. The maximum atomic E-state index is 14.2. The minimum absolute atomic E-state index is 0.356. The molecule has 0 radical (unpaired) electrons. The summed E-state index contributed by atoms with van der Waals surface area (Å²) in [7, 11) is -2.86.